The molecule has 0 fully saturated rings. The van der Waals surface area contributed by atoms with Crippen LogP contribution in [0.1, 0.15) is 13.3 Å². The van der Waals surface area contributed by atoms with E-state index < -0.39 is 15.9 Å². The number of aliphatic hydroxyl groups is 1. The smallest absolute Gasteiger partial charge is 0.182 e. The monoisotopic (exact) mass is 248 g/mol. The minimum absolute atomic E-state index is 0.0826. The molecule has 0 amide bonds. The molecule has 0 aliphatic heterocycles. The Morgan fingerprint density at radius 1 is 1.40 bits per heavy atom. The van der Waals surface area contributed by atoms with Crippen LogP contribution in [-0.2, 0) is 9.84 Å². The number of halogens is 1. The van der Waals surface area contributed by atoms with Gasteiger partial charge in [-0.1, -0.05) is 30.7 Å². The first-order valence-corrected chi connectivity index (χ1v) is 6.65. The van der Waals surface area contributed by atoms with E-state index in [1.807, 2.05) is 0 Å². The molecular weight excluding hydrogens is 236 g/mol. The van der Waals surface area contributed by atoms with Gasteiger partial charge in [0, 0.05) is 0 Å². The van der Waals surface area contributed by atoms with Crippen LogP contribution in [0, 0.1) is 0 Å². The molecule has 0 aromatic heterocycles. The summed E-state index contributed by atoms with van der Waals surface area (Å²) in [5, 5.41) is 9.52. The minimum atomic E-state index is -3.48. The molecule has 1 unspecified atom stereocenters. The zero-order chi connectivity index (χ0) is 11.5. The van der Waals surface area contributed by atoms with Crippen LogP contribution in [-0.4, -0.2) is 25.4 Å². The van der Waals surface area contributed by atoms with Gasteiger partial charge in [0.2, 0.25) is 0 Å². The fraction of sp³-hybridized carbons (Fsp3) is 0.400. The summed E-state index contributed by atoms with van der Waals surface area (Å²) in [4.78, 5) is 0.0826. The van der Waals surface area contributed by atoms with Gasteiger partial charge in [-0.2, -0.15) is 0 Å². The second-order valence-corrected chi connectivity index (χ2v) is 5.68. The van der Waals surface area contributed by atoms with Crippen LogP contribution >= 0.6 is 11.6 Å². The number of sulfone groups is 1. The number of hydrogen-bond acceptors (Lipinski definition) is 3. The molecule has 0 saturated carbocycles. The number of rotatable bonds is 4. The summed E-state index contributed by atoms with van der Waals surface area (Å²) >= 11 is 5.77. The van der Waals surface area contributed by atoms with Gasteiger partial charge in [-0.3, -0.25) is 0 Å². The SMILES string of the molecule is CCC(O)CS(=O)(=O)c1ccccc1Cl. The van der Waals surface area contributed by atoms with Crippen molar-refractivity contribution in [2.75, 3.05) is 5.75 Å². The van der Waals surface area contributed by atoms with Crippen LogP contribution in [0.25, 0.3) is 0 Å². The molecule has 3 nitrogen and oxygen atoms in total. The summed E-state index contributed by atoms with van der Waals surface area (Å²) in [5.74, 6) is -0.284. The molecule has 1 atom stereocenters. The van der Waals surface area contributed by atoms with Gasteiger partial charge in [0.05, 0.1) is 21.8 Å². The van der Waals surface area contributed by atoms with Gasteiger partial charge in [-0.25, -0.2) is 8.42 Å². The molecule has 0 aliphatic rings. The summed E-state index contributed by atoms with van der Waals surface area (Å²) in [6.07, 6.45) is -0.435. The third-order valence-electron chi connectivity index (χ3n) is 2.05. The zero-order valence-corrected chi connectivity index (χ0v) is 9.92. The van der Waals surface area contributed by atoms with E-state index >= 15 is 0 Å². The van der Waals surface area contributed by atoms with Crippen molar-refractivity contribution in [1.29, 1.82) is 0 Å². The summed E-state index contributed by atoms with van der Waals surface area (Å²) in [7, 11) is -3.48. The van der Waals surface area contributed by atoms with Gasteiger partial charge >= 0.3 is 0 Å². The van der Waals surface area contributed by atoms with Crippen molar-refractivity contribution in [3.63, 3.8) is 0 Å². The lowest BCUT2D eigenvalue weighted by molar-refractivity contribution is 0.193. The molecule has 1 rings (SSSR count). The van der Waals surface area contributed by atoms with Crippen LogP contribution in [0.2, 0.25) is 5.02 Å². The molecule has 15 heavy (non-hydrogen) atoms. The molecule has 5 heteroatoms. The topological polar surface area (TPSA) is 54.4 Å². The highest BCUT2D eigenvalue weighted by atomic mass is 35.5. The standard InChI is InChI=1S/C10H13ClO3S/c1-2-8(12)7-15(13,14)10-6-4-3-5-9(10)11/h3-6,8,12H,2,7H2,1H3. The van der Waals surface area contributed by atoms with E-state index in [4.69, 9.17) is 11.6 Å². The Hall–Kier alpha value is -0.580. The summed E-state index contributed by atoms with van der Waals surface area (Å²) in [6, 6.07) is 6.24. The van der Waals surface area contributed by atoms with Crippen molar-refractivity contribution in [3.05, 3.63) is 29.3 Å². The molecule has 0 radical (unpaired) electrons. The van der Waals surface area contributed by atoms with E-state index in [-0.39, 0.29) is 15.7 Å². The minimum Gasteiger partial charge on any atom is -0.392 e. The Morgan fingerprint density at radius 2 is 2.00 bits per heavy atom. The number of benzene rings is 1. The Kier molecular flexibility index (Phi) is 4.13. The first-order valence-electron chi connectivity index (χ1n) is 4.62. The molecule has 84 valence electrons. The van der Waals surface area contributed by atoms with Crippen molar-refractivity contribution >= 4 is 21.4 Å². The maximum absolute atomic E-state index is 11.8. The Labute approximate surface area is 94.6 Å². The van der Waals surface area contributed by atoms with Gasteiger partial charge < -0.3 is 5.11 Å². The number of aliphatic hydroxyl groups excluding tert-OH is 1. The second-order valence-electron chi connectivity index (χ2n) is 3.27. The van der Waals surface area contributed by atoms with Crippen LogP contribution < -0.4 is 0 Å². The summed E-state index contributed by atoms with van der Waals surface area (Å²) < 4.78 is 23.6. The third kappa shape index (κ3) is 3.19. The summed E-state index contributed by atoms with van der Waals surface area (Å²) in [5.41, 5.74) is 0. The average molecular weight is 249 g/mol. The fourth-order valence-corrected chi connectivity index (χ4v) is 3.22. The predicted octanol–water partition coefficient (Wildman–Crippen LogP) is 1.88. The highest BCUT2D eigenvalue weighted by molar-refractivity contribution is 7.91. The van der Waals surface area contributed by atoms with Crippen LogP contribution in [0.5, 0.6) is 0 Å². The molecule has 0 heterocycles. The van der Waals surface area contributed by atoms with E-state index in [1.54, 1.807) is 19.1 Å². The van der Waals surface area contributed by atoms with Gasteiger partial charge in [-0.15, -0.1) is 0 Å². The molecule has 0 aliphatic carbocycles. The van der Waals surface area contributed by atoms with Crippen molar-refractivity contribution in [3.8, 4) is 0 Å². The molecule has 1 aromatic rings. The zero-order valence-electron chi connectivity index (χ0n) is 8.35. The van der Waals surface area contributed by atoms with Crippen molar-refractivity contribution in [2.24, 2.45) is 0 Å². The highest BCUT2D eigenvalue weighted by Crippen LogP contribution is 2.22. The third-order valence-corrected chi connectivity index (χ3v) is 4.35. The van der Waals surface area contributed by atoms with Gasteiger partial charge in [-0.05, 0) is 18.6 Å². The fourth-order valence-electron chi connectivity index (χ4n) is 1.16. The van der Waals surface area contributed by atoms with E-state index in [2.05, 4.69) is 0 Å². The molecule has 0 saturated heterocycles. The van der Waals surface area contributed by atoms with Gasteiger partial charge in [0.15, 0.2) is 9.84 Å². The lowest BCUT2D eigenvalue weighted by atomic mass is 10.3. The van der Waals surface area contributed by atoms with Crippen molar-refractivity contribution in [2.45, 2.75) is 24.3 Å². The van der Waals surface area contributed by atoms with Crippen LogP contribution in [0.15, 0.2) is 29.2 Å². The van der Waals surface area contributed by atoms with Crippen LogP contribution in [0.4, 0.5) is 0 Å². The summed E-state index contributed by atoms with van der Waals surface area (Å²) in [6.45, 7) is 1.73. The second kappa shape index (κ2) is 4.96. The van der Waals surface area contributed by atoms with Gasteiger partial charge in [0.25, 0.3) is 0 Å². The largest absolute Gasteiger partial charge is 0.392 e. The maximum atomic E-state index is 11.8. The predicted molar refractivity (Wildman–Crippen MR) is 59.8 cm³/mol. The average Bonchev–Trinajstić information content (AvgIpc) is 2.17. The number of hydrogen-bond donors (Lipinski definition) is 1. The Balaban J connectivity index is 3.02. The first kappa shape index (κ1) is 12.5. The van der Waals surface area contributed by atoms with E-state index in [0.717, 1.165) is 0 Å². The van der Waals surface area contributed by atoms with E-state index in [0.29, 0.717) is 6.42 Å². The Bertz CT molecular complexity index is 428. The lowest BCUT2D eigenvalue weighted by Gasteiger charge is -2.09. The highest BCUT2D eigenvalue weighted by Gasteiger charge is 2.20. The normalized spacial score (nSPS) is 13.8. The van der Waals surface area contributed by atoms with E-state index in [9.17, 15) is 13.5 Å². The molecule has 1 aromatic carbocycles. The molecular formula is C10H13ClO3S. The lowest BCUT2D eigenvalue weighted by Crippen LogP contribution is -2.20. The quantitative estimate of drug-likeness (QED) is 0.885. The molecule has 0 spiro atoms. The molecule has 0 bridgehead atoms. The van der Waals surface area contributed by atoms with Gasteiger partial charge in [0.1, 0.15) is 0 Å². The first-order chi connectivity index (χ1) is 6.97. The Morgan fingerprint density at radius 3 is 2.53 bits per heavy atom. The maximum Gasteiger partial charge on any atom is 0.182 e. The van der Waals surface area contributed by atoms with Crippen molar-refractivity contribution in [1.82, 2.24) is 0 Å². The van der Waals surface area contributed by atoms with Crippen molar-refractivity contribution < 1.29 is 13.5 Å². The van der Waals surface area contributed by atoms with Crippen LogP contribution in [0.3, 0.4) is 0 Å². The van der Waals surface area contributed by atoms with E-state index in [1.165, 1.54) is 12.1 Å². The molecule has 1 N–H and O–H groups in total.